The lowest BCUT2D eigenvalue weighted by Crippen LogP contribution is -2.35. The molecule has 0 aromatic heterocycles. The monoisotopic (exact) mass is 232 g/mol. The molecule has 15 heavy (non-hydrogen) atoms. The Morgan fingerprint density at radius 1 is 1.40 bits per heavy atom. The third kappa shape index (κ3) is 5.76. The highest BCUT2D eigenvalue weighted by Crippen LogP contribution is 2.16. The van der Waals surface area contributed by atoms with Crippen molar-refractivity contribution in [3.8, 4) is 0 Å². The van der Waals surface area contributed by atoms with Gasteiger partial charge in [0.15, 0.2) is 0 Å². The Hall–Kier alpha value is 0.230. The quantitative estimate of drug-likeness (QED) is 0.532. The summed E-state index contributed by atoms with van der Waals surface area (Å²) in [6.45, 7) is 8.70. The normalized spacial score (nSPS) is 19.6. The number of nitrogens with one attached hydrogen (secondary N) is 1. The minimum absolute atomic E-state index is 0.794. The van der Waals surface area contributed by atoms with Crippen LogP contribution < -0.4 is 4.72 Å². The number of hydrogen-bond acceptors (Lipinski definition) is 4. The lowest BCUT2D eigenvalue weighted by Gasteiger charge is -2.30. The van der Waals surface area contributed by atoms with E-state index >= 15 is 0 Å². The first kappa shape index (κ1) is 13.3. The number of ether oxygens (including phenoxy) is 1. The first-order valence-corrected chi connectivity index (χ1v) is 7.15. The molecule has 0 radical (unpaired) electrons. The summed E-state index contributed by atoms with van der Waals surface area (Å²) in [5.41, 5.74) is 0. The summed E-state index contributed by atoms with van der Waals surface area (Å²) in [4.78, 5) is 2.52. The highest BCUT2D eigenvalue weighted by Gasteiger charge is 2.17. The maximum atomic E-state index is 5.65. The molecule has 1 aliphatic rings. The fourth-order valence-corrected chi connectivity index (χ4v) is 2.22. The molecule has 3 nitrogen and oxygen atoms in total. The maximum absolute atomic E-state index is 5.65. The molecule has 90 valence electrons. The first-order valence-electron chi connectivity index (χ1n) is 5.92. The lowest BCUT2D eigenvalue weighted by molar-refractivity contribution is 0.0715. The summed E-state index contributed by atoms with van der Waals surface area (Å²) in [6.07, 6.45) is 4.66. The highest BCUT2D eigenvalue weighted by molar-refractivity contribution is 7.96. The topological polar surface area (TPSA) is 24.5 Å². The molecular formula is C11H24N2OS. The molecule has 1 heterocycles. The van der Waals surface area contributed by atoms with Crippen LogP contribution in [0.3, 0.4) is 0 Å². The zero-order valence-electron chi connectivity index (χ0n) is 10.00. The minimum atomic E-state index is 0.794. The second kappa shape index (κ2) is 8.39. The number of rotatable bonds is 7. The van der Waals surface area contributed by atoms with Gasteiger partial charge in [-0.05, 0) is 44.6 Å². The lowest BCUT2D eigenvalue weighted by atomic mass is 9.98. The standard InChI is InChI=1S/C11H24N2OS/c1-3-13-7-4-11(5-8-13)10-14-9-6-12-15-2/h11-12H,3-10H2,1-2H3. The van der Waals surface area contributed by atoms with Crippen molar-refractivity contribution in [2.24, 2.45) is 5.92 Å². The van der Waals surface area contributed by atoms with Gasteiger partial charge in [-0.2, -0.15) is 0 Å². The van der Waals surface area contributed by atoms with E-state index in [1.807, 2.05) is 6.26 Å². The van der Waals surface area contributed by atoms with Crippen molar-refractivity contribution >= 4 is 11.9 Å². The van der Waals surface area contributed by atoms with E-state index in [2.05, 4.69) is 16.5 Å². The Kier molecular flexibility index (Phi) is 7.44. The second-order valence-electron chi connectivity index (χ2n) is 4.05. The van der Waals surface area contributed by atoms with Gasteiger partial charge >= 0.3 is 0 Å². The van der Waals surface area contributed by atoms with Crippen LogP contribution in [0.5, 0.6) is 0 Å². The molecule has 1 saturated heterocycles. The van der Waals surface area contributed by atoms with Crippen molar-refractivity contribution in [3.05, 3.63) is 0 Å². The van der Waals surface area contributed by atoms with E-state index < -0.39 is 0 Å². The van der Waals surface area contributed by atoms with Crippen LogP contribution in [0.1, 0.15) is 19.8 Å². The zero-order chi connectivity index (χ0) is 10.9. The van der Waals surface area contributed by atoms with Crippen molar-refractivity contribution in [3.63, 3.8) is 0 Å². The fraction of sp³-hybridized carbons (Fsp3) is 1.00. The SMILES string of the molecule is CCN1CCC(COCCNSC)CC1. The molecule has 0 atom stereocenters. The van der Waals surface area contributed by atoms with Crippen LogP contribution in [0.15, 0.2) is 0 Å². The van der Waals surface area contributed by atoms with Gasteiger partial charge in [0.2, 0.25) is 0 Å². The van der Waals surface area contributed by atoms with Gasteiger partial charge in [-0.15, -0.1) is 0 Å². The number of likely N-dealkylation sites (tertiary alicyclic amines) is 1. The summed E-state index contributed by atoms with van der Waals surface area (Å²) in [5.74, 6) is 0.794. The number of nitrogens with zero attached hydrogens (tertiary/aromatic N) is 1. The molecule has 1 aliphatic heterocycles. The molecule has 0 amide bonds. The predicted octanol–water partition coefficient (Wildman–Crippen LogP) is 1.60. The summed E-state index contributed by atoms with van der Waals surface area (Å²) in [6, 6.07) is 0. The average Bonchev–Trinajstić information content (AvgIpc) is 2.30. The van der Waals surface area contributed by atoms with E-state index in [4.69, 9.17) is 4.74 Å². The second-order valence-corrected chi connectivity index (χ2v) is 4.75. The summed E-state index contributed by atoms with van der Waals surface area (Å²) < 4.78 is 8.84. The van der Waals surface area contributed by atoms with Crippen molar-refractivity contribution < 1.29 is 4.74 Å². The van der Waals surface area contributed by atoms with Crippen LogP contribution in [0.2, 0.25) is 0 Å². The van der Waals surface area contributed by atoms with Crippen LogP contribution in [0.4, 0.5) is 0 Å². The molecule has 1 fully saturated rings. The number of piperidine rings is 1. The molecule has 0 aromatic carbocycles. The molecule has 4 heteroatoms. The molecule has 0 aliphatic carbocycles. The smallest absolute Gasteiger partial charge is 0.0600 e. The first-order chi connectivity index (χ1) is 7.36. The van der Waals surface area contributed by atoms with Crippen LogP contribution >= 0.6 is 11.9 Å². The third-order valence-electron chi connectivity index (χ3n) is 3.00. The van der Waals surface area contributed by atoms with Crippen molar-refractivity contribution in [2.75, 3.05) is 45.6 Å². The average molecular weight is 232 g/mol. The predicted molar refractivity (Wildman–Crippen MR) is 67.2 cm³/mol. The van der Waals surface area contributed by atoms with Gasteiger partial charge in [-0.1, -0.05) is 18.9 Å². The van der Waals surface area contributed by atoms with Crippen LogP contribution in [0, 0.1) is 5.92 Å². The summed E-state index contributed by atoms with van der Waals surface area (Å²) >= 11 is 1.65. The van der Waals surface area contributed by atoms with Crippen molar-refractivity contribution in [1.82, 2.24) is 9.62 Å². The van der Waals surface area contributed by atoms with E-state index in [-0.39, 0.29) is 0 Å². The Morgan fingerprint density at radius 2 is 2.13 bits per heavy atom. The Bertz CT molecular complexity index is 150. The highest BCUT2D eigenvalue weighted by atomic mass is 32.2. The van der Waals surface area contributed by atoms with Gasteiger partial charge in [0.1, 0.15) is 0 Å². The van der Waals surface area contributed by atoms with Gasteiger partial charge in [0, 0.05) is 13.2 Å². The van der Waals surface area contributed by atoms with Crippen molar-refractivity contribution in [2.45, 2.75) is 19.8 Å². The van der Waals surface area contributed by atoms with Crippen LogP contribution in [-0.4, -0.2) is 50.5 Å². The van der Waals surface area contributed by atoms with Gasteiger partial charge in [0.05, 0.1) is 6.61 Å². The van der Waals surface area contributed by atoms with Gasteiger partial charge in [0.25, 0.3) is 0 Å². The summed E-state index contributed by atoms with van der Waals surface area (Å²) in [7, 11) is 0. The molecule has 0 spiro atoms. The molecule has 1 N–H and O–H groups in total. The summed E-state index contributed by atoms with van der Waals surface area (Å²) in [5, 5.41) is 0. The van der Waals surface area contributed by atoms with Crippen LogP contribution in [0.25, 0.3) is 0 Å². The van der Waals surface area contributed by atoms with E-state index in [0.717, 1.165) is 25.7 Å². The van der Waals surface area contributed by atoms with E-state index in [0.29, 0.717) is 0 Å². The Labute approximate surface area is 98.1 Å². The fourth-order valence-electron chi connectivity index (χ4n) is 1.94. The zero-order valence-corrected chi connectivity index (χ0v) is 10.8. The number of hydrogen-bond donors (Lipinski definition) is 1. The van der Waals surface area contributed by atoms with E-state index in [9.17, 15) is 0 Å². The maximum Gasteiger partial charge on any atom is 0.0600 e. The third-order valence-corrected chi connectivity index (χ3v) is 3.49. The molecule has 0 bridgehead atoms. The van der Waals surface area contributed by atoms with Crippen LogP contribution in [-0.2, 0) is 4.74 Å². The largest absolute Gasteiger partial charge is 0.380 e. The van der Waals surface area contributed by atoms with E-state index in [1.54, 1.807) is 11.9 Å². The molecule has 0 saturated carbocycles. The van der Waals surface area contributed by atoms with Crippen molar-refractivity contribution in [1.29, 1.82) is 0 Å². The minimum Gasteiger partial charge on any atom is -0.380 e. The molecule has 0 unspecified atom stereocenters. The molecular weight excluding hydrogens is 208 g/mol. The molecule has 0 aromatic rings. The van der Waals surface area contributed by atoms with Gasteiger partial charge in [-0.25, -0.2) is 0 Å². The Balaban J connectivity index is 1.94. The van der Waals surface area contributed by atoms with E-state index in [1.165, 1.54) is 32.5 Å². The Morgan fingerprint density at radius 3 is 2.73 bits per heavy atom. The molecule has 1 rings (SSSR count). The van der Waals surface area contributed by atoms with Gasteiger partial charge < -0.3 is 9.64 Å². The van der Waals surface area contributed by atoms with Gasteiger partial charge in [-0.3, -0.25) is 4.72 Å².